The van der Waals surface area contributed by atoms with Crippen molar-refractivity contribution < 1.29 is 19.1 Å². The summed E-state index contributed by atoms with van der Waals surface area (Å²) in [7, 11) is 0. The van der Waals surface area contributed by atoms with Gasteiger partial charge < -0.3 is 14.8 Å². The summed E-state index contributed by atoms with van der Waals surface area (Å²) in [5.74, 6) is 0.390. The summed E-state index contributed by atoms with van der Waals surface area (Å²) in [4.78, 5) is 30.8. The van der Waals surface area contributed by atoms with Crippen LogP contribution in [0.5, 0.6) is 0 Å². The van der Waals surface area contributed by atoms with Crippen molar-refractivity contribution in [3.05, 3.63) is 93.0 Å². The van der Waals surface area contributed by atoms with Crippen LogP contribution in [0, 0.1) is 11.3 Å². The maximum Gasteiger partial charge on any atom is 0.335 e. The number of benzene rings is 2. The topological polar surface area (TPSA) is 91.9 Å². The quantitative estimate of drug-likeness (QED) is 0.231. The third kappa shape index (κ3) is 6.00. The Morgan fingerprint density at radius 3 is 2.62 bits per heavy atom. The van der Waals surface area contributed by atoms with Crippen LogP contribution < -0.4 is 5.32 Å². The number of carboxylic acid groups (broad SMARTS) is 1. The minimum Gasteiger partial charge on any atom is -0.478 e. The van der Waals surface area contributed by atoms with Gasteiger partial charge in [-0.1, -0.05) is 44.5 Å². The van der Waals surface area contributed by atoms with Crippen LogP contribution in [0.3, 0.4) is 0 Å². The summed E-state index contributed by atoms with van der Waals surface area (Å²) in [5, 5.41) is 13.5. The van der Waals surface area contributed by atoms with E-state index in [9.17, 15) is 14.7 Å². The van der Waals surface area contributed by atoms with Gasteiger partial charge in [0, 0.05) is 21.2 Å². The van der Waals surface area contributed by atoms with Crippen molar-refractivity contribution in [2.45, 2.75) is 40.0 Å². The average molecular weight is 561 g/mol. The lowest BCUT2D eigenvalue weighted by molar-refractivity contribution is 0.0696. The van der Waals surface area contributed by atoms with Crippen molar-refractivity contribution in [1.82, 2.24) is 0 Å². The second-order valence-corrected chi connectivity index (χ2v) is 12.3. The Labute approximate surface area is 236 Å². The first-order chi connectivity index (χ1) is 18.6. The van der Waals surface area contributed by atoms with Gasteiger partial charge in [0.05, 0.1) is 17.3 Å². The van der Waals surface area contributed by atoms with E-state index in [1.807, 2.05) is 0 Å². The largest absolute Gasteiger partial charge is 0.478 e. The molecule has 0 saturated heterocycles. The third-order valence-electron chi connectivity index (χ3n) is 7.13. The maximum absolute atomic E-state index is 13.5. The fraction of sp³-hybridized carbons (Fsp3) is 0.258. The highest BCUT2D eigenvalue weighted by Gasteiger charge is 2.33. The Bertz CT molecular complexity index is 1560. The lowest BCUT2D eigenvalue weighted by Gasteiger charge is -2.33. The molecule has 4 aromatic rings. The summed E-state index contributed by atoms with van der Waals surface area (Å²) in [5.41, 5.74) is 3.38. The number of furan rings is 1. The number of amides is 1. The van der Waals surface area contributed by atoms with E-state index in [4.69, 9.17) is 21.0 Å². The molecule has 5 rings (SSSR count). The Morgan fingerprint density at radius 1 is 1.13 bits per heavy atom. The maximum atomic E-state index is 13.5. The molecule has 0 spiro atoms. The molecule has 200 valence electrons. The molecular weight excluding hydrogens is 532 g/mol. The van der Waals surface area contributed by atoms with Gasteiger partial charge in [0.1, 0.15) is 16.5 Å². The number of fused-ring (bicyclic) bond motifs is 1. The molecule has 0 aliphatic heterocycles. The number of carboxylic acids is 1. The third-order valence-corrected chi connectivity index (χ3v) is 8.54. The van der Waals surface area contributed by atoms with Crippen molar-refractivity contribution in [2.75, 3.05) is 5.32 Å². The van der Waals surface area contributed by atoms with Gasteiger partial charge in [-0.3, -0.25) is 4.79 Å². The molecule has 0 fully saturated rings. The highest BCUT2D eigenvalue weighted by molar-refractivity contribution is 7.16. The molecule has 39 heavy (non-hydrogen) atoms. The minimum atomic E-state index is -0.995. The lowest BCUT2D eigenvalue weighted by Crippen LogP contribution is -2.27. The fourth-order valence-corrected chi connectivity index (χ4v) is 6.26. The molecule has 1 amide bonds. The van der Waals surface area contributed by atoms with E-state index < -0.39 is 5.97 Å². The van der Waals surface area contributed by atoms with Crippen molar-refractivity contribution in [3.63, 3.8) is 0 Å². The van der Waals surface area contributed by atoms with Gasteiger partial charge in [-0.2, -0.15) is 0 Å². The number of aromatic carboxylic acids is 1. The first-order valence-electron chi connectivity index (χ1n) is 12.8. The molecule has 0 saturated carbocycles. The van der Waals surface area contributed by atoms with Crippen LogP contribution in [0.4, 0.5) is 10.7 Å². The summed E-state index contributed by atoms with van der Waals surface area (Å²) < 4.78 is 5.95. The number of carbonyl (C=O) groups is 2. The summed E-state index contributed by atoms with van der Waals surface area (Å²) in [6.45, 7) is 6.80. The molecule has 0 unspecified atom stereocenters. The van der Waals surface area contributed by atoms with Gasteiger partial charge in [0.15, 0.2) is 0 Å². The zero-order chi connectivity index (χ0) is 27.7. The summed E-state index contributed by atoms with van der Waals surface area (Å²) in [6.07, 6.45) is 4.39. The van der Waals surface area contributed by atoms with E-state index in [0.29, 0.717) is 44.3 Å². The number of nitrogens with one attached hydrogen (secondary N) is 1. The molecule has 2 heterocycles. The number of thiophene rings is 1. The predicted molar refractivity (Wildman–Crippen MR) is 157 cm³/mol. The van der Waals surface area contributed by atoms with Gasteiger partial charge in [-0.05, 0) is 84.7 Å². The summed E-state index contributed by atoms with van der Waals surface area (Å²) in [6, 6.07) is 17.2. The van der Waals surface area contributed by atoms with Gasteiger partial charge in [-0.15, -0.1) is 11.3 Å². The first-order valence-corrected chi connectivity index (χ1v) is 14.0. The standard InChI is InChI=1S/C31H29ClN2O4S/c1-31(2,3)20-7-13-24-26(16-20)39-29(27(24)28(35)34-22-10-8-21(32)9-11-22)33-17-23-12-14-25(38-23)18-5-4-6-19(15-18)30(36)37/h4-6,8-12,14-15,17,20H,7,13,16H2,1-3H3,(H,34,35)(H,36,37)/t20-/m0/s1. The number of aliphatic imine (C=N–C) groups is 1. The summed E-state index contributed by atoms with van der Waals surface area (Å²) >= 11 is 7.58. The van der Waals surface area contributed by atoms with E-state index in [1.54, 1.807) is 72.1 Å². The van der Waals surface area contributed by atoms with Crippen LogP contribution in [-0.4, -0.2) is 23.2 Å². The molecule has 8 heteroatoms. The molecule has 2 aromatic heterocycles. The second-order valence-electron chi connectivity index (χ2n) is 10.8. The van der Waals surface area contributed by atoms with Crippen LogP contribution in [0.2, 0.25) is 5.02 Å². The molecular formula is C31H29ClN2O4S. The number of hydrogen-bond donors (Lipinski definition) is 2. The normalized spacial score (nSPS) is 15.3. The number of anilines is 1. The van der Waals surface area contributed by atoms with E-state index in [-0.39, 0.29) is 16.9 Å². The van der Waals surface area contributed by atoms with Crippen LogP contribution in [-0.2, 0) is 12.8 Å². The molecule has 1 aliphatic rings. The smallest absolute Gasteiger partial charge is 0.335 e. The Morgan fingerprint density at radius 2 is 1.90 bits per heavy atom. The molecule has 1 aliphatic carbocycles. The predicted octanol–water partition coefficient (Wildman–Crippen LogP) is 8.51. The fourth-order valence-electron chi connectivity index (χ4n) is 4.87. The zero-order valence-corrected chi connectivity index (χ0v) is 23.5. The highest BCUT2D eigenvalue weighted by atomic mass is 35.5. The van der Waals surface area contributed by atoms with E-state index in [1.165, 1.54) is 10.9 Å². The molecule has 1 atom stereocenters. The minimum absolute atomic E-state index is 0.180. The van der Waals surface area contributed by atoms with Crippen LogP contribution in [0.15, 0.2) is 70.1 Å². The first kappa shape index (κ1) is 26.9. The van der Waals surface area contributed by atoms with Crippen molar-refractivity contribution in [1.29, 1.82) is 0 Å². The molecule has 2 N–H and O–H groups in total. The monoisotopic (exact) mass is 560 g/mol. The van der Waals surface area contributed by atoms with E-state index in [2.05, 4.69) is 26.1 Å². The van der Waals surface area contributed by atoms with E-state index in [0.717, 1.165) is 24.8 Å². The SMILES string of the molecule is CC(C)(C)[C@H]1CCc2c(sc(N=Cc3ccc(-c4cccc(C(=O)O)c4)o3)c2C(=O)Nc2ccc(Cl)cc2)C1. The lowest BCUT2D eigenvalue weighted by atomic mass is 9.72. The second kappa shape index (κ2) is 10.8. The van der Waals surface area contributed by atoms with Gasteiger partial charge >= 0.3 is 5.97 Å². The number of halogens is 1. The van der Waals surface area contributed by atoms with Crippen LogP contribution >= 0.6 is 22.9 Å². The van der Waals surface area contributed by atoms with Gasteiger partial charge in [0.25, 0.3) is 5.91 Å². The van der Waals surface area contributed by atoms with Crippen molar-refractivity contribution in [3.8, 4) is 11.3 Å². The van der Waals surface area contributed by atoms with E-state index >= 15 is 0 Å². The number of rotatable bonds is 6. The number of nitrogens with zero attached hydrogens (tertiary/aromatic N) is 1. The van der Waals surface area contributed by atoms with Gasteiger partial charge in [-0.25, -0.2) is 9.79 Å². The molecule has 0 radical (unpaired) electrons. The molecule has 6 nitrogen and oxygen atoms in total. The number of carbonyl (C=O) groups excluding carboxylic acids is 1. The Kier molecular flexibility index (Phi) is 7.47. The van der Waals surface area contributed by atoms with Crippen LogP contribution in [0.25, 0.3) is 11.3 Å². The Hall–Kier alpha value is -3.68. The van der Waals surface area contributed by atoms with Crippen molar-refractivity contribution >= 4 is 51.7 Å². The molecule has 2 aromatic carbocycles. The molecule has 0 bridgehead atoms. The highest BCUT2D eigenvalue weighted by Crippen LogP contribution is 2.45. The van der Waals surface area contributed by atoms with Gasteiger partial charge in [0.2, 0.25) is 0 Å². The van der Waals surface area contributed by atoms with Crippen molar-refractivity contribution in [2.24, 2.45) is 16.3 Å². The zero-order valence-electron chi connectivity index (χ0n) is 22.0. The Balaban J connectivity index is 1.46. The number of hydrogen-bond acceptors (Lipinski definition) is 5. The van der Waals surface area contributed by atoms with Crippen LogP contribution in [0.1, 0.15) is 64.1 Å². The average Bonchev–Trinajstić information content (AvgIpc) is 3.52.